The van der Waals surface area contributed by atoms with E-state index in [2.05, 4.69) is 26.0 Å². The quantitative estimate of drug-likeness (QED) is 0.180. The highest BCUT2D eigenvalue weighted by Gasteiger charge is 2.55. The highest BCUT2D eigenvalue weighted by molar-refractivity contribution is 5.89. The van der Waals surface area contributed by atoms with Gasteiger partial charge < -0.3 is 18.9 Å². The van der Waals surface area contributed by atoms with Crippen molar-refractivity contribution < 1.29 is 28.5 Å². The Balaban J connectivity index is 1.18. The number of hydrogen-bond donors (Lipinski definition) is 0. The zero-order valence-corrected chi connectivity index (χ0v) is 22.6. The summed E-state index contributed by atoms with van der Waals surface area (Å²) in [5.74, 6) is 2.61. The van der Waals surface area contributed by atoms with Crippen LogP contribution in [0.2, 0.25) is 0 Å². The van der Waals surface area contributed by atoms with E-state index in [1.165, 1.54) is 24.8 Å². The first-order valence-corrected chi connectivity index (χ1v) is 14.2. The maximum atomic E-state index is 13.4. The number of hydrogen-bond acceptors (Lipinski definition) is 6. The van der Waals surface area contributed by atoms with Crippen molar-refractivity contribution in [3.05, 3.63) is 65.7 Å². The second kappa shape index (κ2) is 11.9. The molecule has 4 aliphatic rings. The maximum Gasteiger partial charge on any atom is 0.338 e. The van der Waals surface area contributed by atoms with E-state index in [1.54, 1.807) is 24.3 Å². The molecule has 6 nitrogen and oxygen atoms in total. The lowest BCUT2D eigenvalue weighted by molar-refractivity contribution is -0.184. The van der Waals surface area contributed by atoms with Crippen LogP contribution >= 0.6 is 0 Å². The standard InChI is InChI=1S/C32H40O6/c1-3-22(2)26-9-11-28(12-10-26)38-29(35-13-14-36-30(33)27-7-5-4-6-8-27)21-37-31(34)32-18-23-15-24(19-32)17-25(16-23)20-32/h4-12,22-25,29H,3,13-21H2,1-2H3. The molecule has 2 aromatic carbocycles. The van der Waals surface area contributed by atoms with Gasteiger partial charge in [-0.2, -0.15) is 0 Å². The number of carbonyl (C=O) groups excluding carboxylic acids is 2. The first kappa shape index (κ1) is 26.7. The molecule has 0 radical (unpaired) electrons. The van der Waals surface area contributed by atoms with Gasteiger partial charge in [-0.1, -0.05) is 44.2 Å². The first-order chi connectivity index (χ1) is 18.4. The Labute approximate surface area is 226 Å². The third-order valence-corrected chi connectivity index (χ3v) is 8.78. The normalized spacial score (nSPS) is 26.9. The van der Waals surface area contributed by atoms with E-state index < -0.39 is 12.3 Å². The Bertz CT molecular complexity index is 1040. The zero-order valence-electron chi connectivity index (χ0n) is 22.6. The van der Waals surface area contributed by atoms with Gasteiger partial charge in [-0.15, -0.1) is 0 Å². The van der Waals surface area contributed by atoms with Crippen molar-refractivity contribution in [2.45, 2.75) is 71.0 Å². The van der Waals surface area contributed by atoms with Gasteiger partial charge >= 0.3 is 11.9 Å². The van der Waals surface area contributed by atoms with E-state index in [4.69, 9.17) is 18.9 Å². The Morgan fingerprint density at radius 1 is 0.868 bits per heavy atom. The summed E-state index contributed by atoms with van der Waals surface area (Å²) >= 11 is 0. The SMILES string of the molecule is CCC(C)c1ccc(OC(COC(=O)C23CC4CC(CC(C4)C2)C3)OCCOC(=O)c2ccccc2)cc1. The van der Waals surface area contributed by atoms with Gasteiger partial charge in [0.1, 0.15) is 12.4 Å². The second-order valence-corrected chi connectivity index (χ2v) is 11.6. The minimum absolute atomic E-state index is 0.000327. The molecular weight excluding hydrogens is 480 g/mol. The molecule has 0 aliphatic heterocycles. The van der Waals surface area contributed by atoms with Crippen LogP contribution in [0, 0.1) is 23.2 Å². The monoisotopic (exact) mass is 520 g/mol. The largest absolute Gasteiger partial charge is 0.461 e. The van der Waals surface area contributed by atoms with Crippen molar-refractivity contribution in [1.82, 2.24) is 0 Å². The van der Waals surface area contributed by atoms with E-state index in [0.717, 1.165) is 25.7 Å². The van der Waals surface area contributed by atoms with Crippen molar-refractivity contribution >= 4 is 11.9 Å². The minimum Gasteiger partial charge on any atom is -0.461 e. The fourth-order valence-electron chi connectivity index (χ4n) is 7.01. The van der Waals surface area contributed by atoms with Crippen LogP contribution < -0.4 is 4.74 Å². The summed E-state index contributed by atoms with van der Waals surface area (Å²) in [6.45, 7) is 4.57. The van der Waals surface area contributed by atoms with Gasteiger partial charge in [-0.25, -0.2) is 4.79 Å². The van der Waals surface area contributed by atoms with Crippen LogP contribution in [0.5, 0.6) is 5.75 Å². The highest BCUT2D eigenvalue weighted by atomic mass is 16.7. The summed E-state index contributed by atoms with van der Waals surface area (Å²) in [4.78, 5) is 25.6. The molecule has 0 spiro atoms. The van der Waals surface area contributed by atoms with Crippen LogP contribution in [-0.2, 0) is 19.0 Å². The van der Waals surface area contributed by atoms with E-state index in [9.17, 15) is 9.59 Å². The van der Waals surface area contributed by atoms with E-state index in [-0.39, 0.29) is 31.2 Å². The third kappa shape index (κ3) is 6.23. The van der Waals surface area contributed by atoms with Crippen molar-refractivity contribution in [1.29, 1.82) is 0 Å². The first-order valence-electron chi connectivity index (χ1n) is 14.2. The second-order valence-electron chi connectivity index (χ2n) is 11.6. The average molecular weight is 521 g/mol. The van der Waals surface area contributed by atoms with Crippen LogP contribution in [-0.4, -0.2) is 38.0 Å². The molecule has 4 bridgehead atoms. The number of ether oxygens (including phenoxy) is 4. The molecule has 0 N–H and O–H groups in total. The topological polar surface area (TPSA) is 71.1 Å². The summed E-state index contributed by atoms with van der Waals surface area (Å²) in [7, 11) is 0. The molecule has 0 heterocycles. The molecule has 204 valence electrons. The predicted octanol–water partition coefficient (Wildman–Crippen LogP) is 6.54. The molecule has 0 saturated heterocycles. The Hall–Kier alpha value is -2.86. The minimum atomic E-state index is -0.794. The fraction of sp³-hybridized carbons (Fsp3) is 0.562. The highest BCUT2D eigenvalue weighted by Crippen LogP contribution is 2.60. The summed E-state index contributed by atoms with van der Waals surface area (Å²) in [6, 6.07) is 16.8. The molecule has 2 atom stereocenters. The molecule has 0 amide bonds. The Morgan fingerprint density at radius 3 is 2.11 bits per heavy atom. The maximum absolute atomic E-state index is 13.4. The predicted molar refractivity (Wildman–Crippen MR) is 144 cm³/mol. The average Bonchev–Trinajstić information content (AvgIpc) is 2.93. The molecule has 4 saturated carbocycles. The lowest BCUT2D eigenvalue weighted by atomic mass is 9.49. The summed E-state index contributed by atoms with van der Waals surface area (Å²) < 4.78 is 23.3. The van der Waals surface area contributed by atoms with Crippen molar-refractivity contribution in [2.24, 2.45) is 23.2 Å². The van der Waals surface area contributed by atoms with E-state index in [0.29, 0.717) is 35.0 Å². The number of rotatable bonds is 12. The van der Waals surface area contributed by atoms with Gasteiger partial charge in [0.15, 0.2) is 6.61 Å². The fourth-order valence-corrected chi connectivity index (χ4v) is 7.01. The van der Waals surface area contributed by atoms with Gasteiger partial charge in [0.05, 0.1) is 17.6 Å². The van der Waals surface area contributed by atoms with Gasteiger partial charge in [-0.3, -0.25) is 4.79 Å². The molecule has 2 unspecified atom stereocenters. The molecular formula is C32H40O6. The Kier molecular flexibility index (Phi) is 8.37. The van der Waals surface area contributed by atoms with Gasteiger partial charge in [-0.05, 0) is 98.4 Å². The van der Waals surface area contributed by atoms with Crippen molar-refractivity contribution in [3.8, 4) is 5.75 Å². The van der Waals surface area contributed by atoms with Gasteiger partial charge in [0.2, 0.25) is 6.29 Å². The molecule has 6 rings (SSSR count). The lowest BCUT2D eigenvalue weighted by Gasteiger charge is -2.55. The van der Waals surface area contributed by atoms with Crippen LogP contribution in [0.1, 0.15) is 80.6 Å². The zero-order chi connectivity index (χ0) is 26.5. The Morgan fingerprint density at radius 2 is 1.50 bits per heavy atom. The van der Waals surface area contributed by atoms with E-state index in [1.807, 2.05) is 18.2 Å². The summed E-state index contributed by atoms with van der Waals surface area (Å²) in [6.07, 6.45) is 6.96. The molecule has 4 aliphatic carbocycles. The number of esters is 2. The number of carbonyl (C=O) groups is 2. The lowest BCUT2D eigenvalue weighted by Crippen LogP contribution is -2.51. The molecule has 6 heteroatoms. The smallest absolute Gasteiger partial charge is 0.338 e. The molecule has 38 heavy (non-hydrogen) atoms. The molecule has 0 aromatic heterocycles. The summed E-state index contributed by atoms with van der Waals surface area (Å²) in [5, 5.41) is 0. The van der Waals surface area contributed by atoms with E-state index >= 15 is 0 Å². The molecule has 2 aromatic rings. The molecule has 4 fully saturated rings. The summed E-state index contributed by atoms with van der Waals surface area (Å²) in [5.41, 5.74) is 1.41. The van der Waals surface area contributed by atoms with Gasteiger partial charge in [0.25, 0.3) is 0 Å². The van der Waals surface area contributed by atoms with Crippen molar-refractivity contribution in [3.63, 3.8) is 0 Å². The third-order valence-electron chi connectivity index (χ3n) is 8.78. The van der Waals surface area contributed by atoms with Crippen LogP contribution in [0.15, 0.2) is 54.6 Å². The van der Waals surface area contributed by atoms with Crippen LogP contribution in [0.4, 0.5) is 0 Å². The van der Waals surface area contributed by atoms with Crippen molar-refractivity contribution in [2.75, 3.05) is 19.8 Å². The van der Waals surface area contributed by atoms with Crippen LogP contribution in [0.25, 0.3) is 0 Å². The number of benzene rings is 2. The van der Waals surface area contributed by atoms with Gasteiger partial charge in [0, 0.05) is 0 Å². The van der Waals surface area contributed by atoms with Crippen LogP contribution in [0.3, 0.4) is 0 Å².